The number of anilines is 1. The molecule has 0 atom stereocenters. The third-order valence-electron chi connectivity index (χ3n) is 4.07. The Hall–Kier alpha value is -2.70. The summed E-state index contributed by atoms with van der Waals surface area (Å²) in [4.78, 5) is 30.0. The fourth-order valence-electron chi connectivity index (χ4n) is 2.63. The lowest BCUT2D eigenvalue weighted by Crippen LogP contribution is -2.35. The van der Waals surface area contributed by atoms with E-state index in [-0.39, 0.29) is 24.3 Å². The summed E-state index contributed by atoms with van der Waals surface area (Å²) in [7, 11) is 0. The summed E-state index contributed by atoms with van der Waals surface area (Å²) < 4.78 is 10.2. The van der Waals surface area contributed by atoms with Crippen molar-refractivity contribution in [2.24, 2.45) is 0 Å². The molecule has 7 heteroatoms. The van der Waals surface area contributed by atoms with Crippen molar-refractivity contribution in [2.75, 3.05) is 11.4 Å². The maximum absolute atomic E-state index is 12.1. The van der Waals surface area contributed by atoms with Crippen LogP contribution in [0.15, 0.2) is 28.8 Å². The molecule has 132 valence electrons. The molecule has 0 aliphatic carbocycles. The van der Waals surface area contributed by atoms with E-state index in [2.05, 4.69) is 10.1 Å². The second kappa shape index (κ2) is 7.46. The summed E-state index contributed by atoms with van der Waals surface area (Å²) in [5.74, 6) is 0.659. The molecule has 0 radical (unpaired) electrons. The highest BCUT2D eigenvalue weighted by Gasteiger charge is 2.20. The van der Waals surface area contributed by atoms with Crippen LogP contribution in [-0.4, -0.2) is 28.6 Å². The maximum atomic E-state index is 12.1. The van der Waals surface area contributed by atoms with Crippen molar-refractivity contribution in [3.05, 3.63) is 41.5 Å². The van der Waals surface area contributed by atoms with Gasteiger partial charge < -0.3 is 14.2 Å². The maximum Gasteiger partial charge on any atom is 0.338 e. The fourth-order valence-corrected chi connectivity index (χ4v) is 2.63. The van der Waals surface area contributed by atoms with Crippen molar-refractivity contribution < 1.29 is 18.8 Å². The highest BCUT2D eigenvalue weighted by atomic mass is 16.6. The topological polar surface area (TPSA) is 85.5 Å². The van der Waals surface area contributed by atoms with Crippen molar-refractivity contribution in [3.63, 3.8) is 0 Å². The molecule has 0 saturated carbocycles. The minimum atomic E-state index is -0.471. The molecule has 0 N–H and O–H groups in total. The monoisotopic (exact) mass is 343 g/mol. The van der Waals surface area contributed by atoms with Crippen LogP contribution in [0, 0.1) is 0 Å². The quantitative estimate of drug-likeness (QED) is 0.776. The first-order valence-electron chi connectivity index (χ1n) is 8.44. The van der Waals surface area contributed by atoms with Crippen LogP contribution in [0.4, 0.5) is 5.69 Å². The molecule has 3 rings (SSSR count). The Morgan fingerprint density at radius 1 is 1.28 bits per heavy atom. The Kier molecular flexibility index (Phi) is 5.11. The first-order chi connectivity index (χ1) is 12.0. The smallest absolute Gasteiger partial charge is 0.338 e. The molecule has 0 bridgehead atoms. The molecule has 2 aromatic rings. The molecular weight excluding hydrogens is 322 g/mol. The van der Waals surface area contributed by atoms with Gasteiger partial charge in [0.05, 0.1) is 5.56 Å². The number of benzene rings is 1. The van der Waals surface area contributed by atoms with Crippen molar-refractivity contribution in [3.8, 4) is 0 Å². The molecule has 2 heterocycles. The van der Waals surface area contributed by atoms with Gasteiger partial charge in [-0.1, -0.05) is 19.0 Å². The lowest BCUT2D eigenvalue weighted by molar-refractivity contribution is -0.119. The number of rotatable bonds is 5. The molecule has 1 aliphatic heterocycles. The summed E-state index contributed by atoms with van der Waals surface area (Å²) >= 11 is 0. The normalized spacial score (nSPS) is 14.8. The van der Waals surface area contributed by atoms with Crippen molar-refractivity contribution >= 4 is 17.6 Å². The van der Waals surface area contributed by atoms with Gasteiger partial charge in [0.2, 0.25) is 5.91 Å². The van der Waals surface area contributed by atoms with Gasteiger partial charge >= 0.3 is 5.97 Å². The number of amides is 1. The molecule has 0 unspecified atom stereocenters. The van der Waals surface area contributed by atoms with E-state index >= 15 is 0 Å². The zero-order valence-electron chi connectivity index (χ0n) is 14.4. The van der Waals surface area contributed by atoms with Crippen molar-refractivity contribution in [2.45, 2.75) is 45.6 Å². The number of hydrogen-bond acceptors (Lipinski definition) is 6. The zero-order valence-corrected chi connectivity index (χ0v) is 14.4. The van der Waals surface area contributed by atoms with Crippen LogP contribution in [-0.2, 0) is 16.1 Å². The Labute approximate surface area is 146 Å². The van der Waals surface area contributed by atoms with Gasteiger partial charge in [0, 0.05) is 24.6 Å². The molecule has 1 amide bonds. The van der Waals surface area contributed by atoms with Crippen LogP contribution in [0.25, 0.3) is 0 Å². The van der Waals surface area contributed by atoms with E-state index in [0.29, 0.717) is 17.8 Å². The minimum Gasteiger partial charge on any atom is -0.452 e. The van der Waals surface area contributed by atoms with Gasteiger partial charge in [0.1, 0.15) is 0 Å². The third-order valence-corrected chi connectivity index (χ3v) is 4.07. The van der Waals surface area contributed by atoms with Crippen molar-refractivity contribution in [1.29, 1.82) is 0 Å². The molecule has 7 nitrogen and oxygen atoms in total. The molecule has 1 aromatic heterocycles. The SMILES string of the molecule is CC(C)c1noc(COC(=O)c2ccc(N3CCCCC3=O)cc2)n1. The third kappa shape index (κ3) is 4.04. The molecule has 1 aromatic carbocycles. The average Bonchev–Trinajstić information content (AvgIpc) is 3.10. The van der Waals surface area contributed by atoms with Crippen LogP contribution >= 0.6 is 0 Å². The average molecular weight is 343 g/mol. The summed E-state index contributed by atoms with van der Waals surface area (Å²) in [5, 5.41) is 3.82. The molecule has 25 heavy (non-hydrogen) atoms. The van der Waals surface area contributed by atoms with E-state index in [1.54, 1.807) is 29.2 Å². The highest BCUT2D eigenvalue weighted by molar-refractivity contribution is 5.95. The number of carbonyl (C=O) groups excluding carboxylic acids is 2. The number of esters is 1. The Balaban J connectivity index is 1.59. The lowest BCUT2D eigenvalue weighted by Gasteiger charge is -2.26. The number of piperidine rings is 1. The second-order valence-corrected chi connectivity index (χ2v) is 6.33. The van der Waals surface area contributed by atoms with Crippen LogP contribution < -0.4 is 4.90 Å². The molecule has 0 spiro atoms. The van der Waals surface area contributed by atoms with E-state index in [1.165, 1.54) is 0 Å². The molecule has 1 aliphatic rings. The largest absolute Gasteiger partial charge is 0.452 e. The van der Waals surface area contributed by atoms with Gasteiger partial charge in [0.25, 0.3) is 5.89 Å². The molecule has 1 fully saturated rings. The number of ether oxygens (including phenoxy) is 1. The zero-order chi connectivity index (χ0) is 17.8. The second-order valence-electron chi connectivity index (χ2n) is 6.33. The van der Waals surface area contributed by atoms with Gasteiger partial charge in [-0.15, -0.1) is 0 Å². The van der Waals surface area contributed by atoms with Crippen LogP contribution in [0.1, 0.15) is 61.1 Å². The lowest BCUT2D eigenvalue weighted by atomic mass is 10.1. The summed E-state index contributed by atoms with van der Waals surface area (Å²) in [5.41, 5.74) is 1.22. The van der Waals surface area contributed by atoms with Gasteiger partial charge in [-0.2, -0.15) is 4.98 Å². The fraction of sp³-hybridized carbons (Fsp3) is 0.444. The van der Waals surface area contributed by atoms with E-state index < -0.39 is 5.97 Å². The predicted octanol–water partition coefficient (Wildman–Crippen LogP) is 3.07. The Morgan fingerprint density at radius 3 is 2.68 bits per heavy atom. The van der Waals surface area contributed by atoms with Gasteiger partial charge in [-0.05, 0) is 37.1 Å². The number of carbonyl (C=O) groups is 2. The van der Waals surface area contributed by atoms with Gasteiger partial charge in [-0.3, -0.25) is 4.79 Å². The van der Waals surface area contributed by atoms with Crippen LogP contribution in [0.2, 0.25) is 0 Å². The standard InChI is InChI=1S/C18H21N3O4/c1-12(2)17-19-15(25-20-17)11-24-18(23)13-6-8-14(9-7-13)21-10-4-3-5-16(21)22/h6-9,12H,3-5,10-11H2,1-2H3. The minimum absolute atomic E-state index is 0.0646. The van der Waals surface area contributed by atoms with Crippen LogP contribution in [0.3, 0.4) is 0 Å². The Morgan fingerprint density at radius 2 is 2.04 bits per heavy atom. The van der Waals surface area contributed by atoms with E-state index in [0.717, 1.165) is 25.1 Å². The van der Waals surface area contributed by atoms with Crippen molar-refractivity contribution in [1.82, 2.24) is 10.1 Å². The van der Waals surface area contributed by atoms with E-state index in [9.17, 15) is 9.59 Å². The summed E-state index contributed by atoms with van der Waals surface area (Å²) in [6.45, 7) is 4.56. The van der Waals surface area contributed by atoms with Gasteiger partial charge in [0.15, 0.2) is 12.4 Å². The highest BCUT2D eigenvalue weighted by Crippen LogP contribution is 2.21. The number of aromatic nitrogens is 2. The number of nitrogens with zero attached hydrogens (tertiary/aromatic N) is 3. The Bertz CT molecular complexity index is 752. The van der Waals surface area contributed by atoms with Gasteiger partial charge in [-0.25, -0.2) is 4.79 Å². The summed E-state index contributed by atoms with van der Waals surface area (Å²) in [6, 6.07) is 6.85. The van der Waals surface area contributed by atoms with Crippen LogP contribution in [0.5, 0.6) is 0 Å². The molecule has 1 saturated heterocycles. The molecular formula is C18H21N3O4. The van der Waals surface area contributed by atoms with E-state index in [1.807, 2.05) is 13.8 Å². The predicted molar refractivity (Wildman–Crippen MR) is 90.2 cm³/mol. The summed E-state index contributed by atoms with van der Waals surface area (Å²) in [6.07, 6.45) is 2.51. The first-order valence-corrected chi connectivity index (χ1v) is 8.44. The number of hydrogen-bond donors (Lipinski definition) is 0. The van der Waals surface area contributed by atoms with E-state index in [4.69, 9.17) is 9.26 Å². The first kappa shape index (κ1) is 17.1.